The van der Waals surface area contributed by atoms with Gasteiger partial charge in [0.15, 0.2) is 29.6 Å². The number of methoxy groups -OCH3 is 3. The standard InChI is InChI=1S/C26H29IN4O8/c1-6-38-20-10-15(9-17(27)24(20)36-4)12-28-31-21(32)13-39-18-8-7-16(11-19(18)35-3)23-22(25(33)37-5)14(2)29-26(34)30-23/h7-12,23H,6,13H2,1-5H3,(H,31,32)(H2,29,30,34)/b28-12-/t23-/m1/s1. The number of urea groups is 1. The van der Waals surface area contributed by atoms with Crippen molar-refractivity contribution in [2.24, 2.45) is 5.10 Å². The molecule has 3 amide bonds. The monoisotopic (exact) mass is 652 g/mol. The van der Waals surface area contributed by atoms with E-state index >= 15 is 0 Å². The lowest BCUT2D eigenvalue weighted by Crippen LogP contribution is -2.45. The number of hydrazone groups is 1. The summed E-state index contributed by atoms with van der Waals surface area (Å²) in [7, 11) is 4.27. The van der Waals surface area contributed by atoms with Gasteiger partial charge in [0.2, 0.25) is 0 Å². The summed E-state index contributed by atoms with van der Waals surface area (Å²) in [4.78, 5) is 36.7. The minimum absolute atomic E-state index is 0.255. The molecule has 0 unspecified atom stereocenters. The molecule has 0 fully saturated rings. The molecule has 3 N–H and O–H groups in total. The molecule has 2 aromatic carbocycles. The lowest BCUT2D eigenvalue weighted by molar-refractivity contribution is -0.136. The maximum Gasteiger partial charge on any atom is 0.337 e. The third-order valence-electron chi connectivity index (χ3n) is 5.49. The Morgan fingerprint density at radius 3 is 2.51 bits per heavy atom. The summed E-state index contributed by atoms with van der Waals surface area (Å²) in [6.07, 6.45) is 1.49. The number of amides is 3. The SMILES string of the molecule is CCOc1cc(/C=N\NC(=O)COc2ccc([C@H]3NC(=O)NC(C)=C3C(=O)OC)cc2OC)cc(I)c1OC. The quantitative estimate of drug-likeness (QED) is 0.145. The van der Waals surface area contributed by atoms with Crippen molar-refractivity contribution in [3.63, 3.8) is 0 Å². The van der Waals surface area contributed by atoms with E-state index in [9.17, 15) is 14.4 Å². The van der Waals surface area contributed by atoms with E-state index in [0.29, 0.717) is 40.7 Å². The number of allylic oxidation sites excluding steroid dienone is 1. The third-order valence-corrected chi connectivity index (χ3v) is 6.29. The van der Waals surface area contributed by atoms with Crippen LogP contribution in [0.2, 0.25) is 0 Å². The smallest absolute Gasteiger partial charge is 0.337 e. The lowest BCUT2D eigenvalue weighted by atomic mass is 9.95. The fourth-order valence-electron chi connectivity index (χ4n) is 3.79. The van der Waals surface area contributed by atoms with Crippen LogP contribution in [-0.4, -0.2) is 58.7 Å². The first-order valence-corrected chi connectivity index (χ1v) is 12.8. The van der Waals surface area contributed by atoms with Crippen molar-refractivity contribution >= 4 is 46.7 Å². The Kier molecular flexibility index (Phi) is 10.4. The number of carbonyl (C=O) groups excluding carboxylic acids is 3. The van der Waals surface area contributed by atoms with E-state index in [-0.39, 0.29) is 17.9 Å². The summed E-state index contributed by atoms with van der Waals surface area (Å²) in [6.45, 7) is 3.62. The van der Waals surface area contributed by atoms with Gasteiger partial charge in [-0.3, -0.25) is 4.79 Å². The van der Waals surface area contributed by atoms with Crippen LogP contribution in [0, 0.1) is 3.57 Å². The number of benzene rings is 2. The van der Waals surface area contributed by atoms with E-state index < -0.39 is 23.9 Å². The molecule has 3 rings (SSSR count). The Labute approximate surface area is 239 Å². The number of carbonyl (C=O) groups is 3. The largest absolute Gasteiger partial charge is 0.493 e. The molecule has 0 saturated carbocycles. The Hall–Kier alpha value is -4.01. The van der Waals surface area contributed by atoms with Crippen LogP contribution in [0.3, 0.4) is 0 Å². The van der Waals surface area contributed by atoms with Crippen molar-refractivity contribution < 1.29 is 38.1 Å². The Balaban J connectivity index is 1.68. The molecule has 1 heterocycles. The van der Waals surface area contributed by atoms with Gasteiger partial charge >= 0.3 is 12.0 Å². The summed E-state index contributed by atoms with van der Waals surface area (Å²) >= 11 is 2.13. The lowest BCUT2D eigenvalue weighted by Gasteiger charge is -2.28. The van der Waals surface area contributed by atoms with Crippen LogP contribution >= 0.6 is 22.6 Å². The molecule has 0 spiro atoms. The van der Waals surface area contributed by atoms with E-state index in [0.717, 1.165) is 3.57 Å². The number of halogens is 1. The summed E-state index contributed by atoms with van der Waals surface area (Å²) in [6, 6.07) is 7.22. The number of nitrogens with zero attached hydrogens (tertiary/aromatic N) is 1. The van der Waals surface area contributed by atoms with Gasteiger partial charge in [-0.25, -0.2) is 15.0 Å². The van der Waals surface area contributed by atoms with E-state index in [4.69, 9.17) is 23.7 Å². The first-order valence-electron chi connectivity index (χ1n) is 11.7. The van der Waals surface area contributed by atoms with Gasteiger partial charge in [0.1, 0.15) is 0 Å². The van der Waals surface area contributed by atoms with Gasteiger partial charge in [-0.05, 0) is 71.8 Å². The molecule has 0 aliphatic carbocycles. The zero-order valence-electron chi connectivity index (χ0n) is 22.0. The first kappa shape index (κ1) is 29.5. The van der Waals surface area contributed by atoms with Crippen LogP contribution in [0.1, 0.15) is 31.0 Å². The minimum atomic E-state index is -0.768. The average molecular weight is 652 g/mol. The van der Waals surface area contributed by atoms with Crippen molar-refractivity contribution in [3.05, 3.63) is 56.3 Å². The number of esters is 1. The van der Waals surface area contributed by atoms with Crippen molar-refractivity contribution in [2.75, 3.05) is 34.5 Å². The molecular formula is C26H29IN4O8. The fraction of sp³-hybridized carbons (Fsp3) is 0.308. The fourth-order valence-corrected chi connectivity index (χ4v) is 4.63. The van der Waals surface area contributed by atoms with Gasteiger partial charge < -0.3 is 34.3 Å². The molecule has 12 nitrogen and oxygen atoms in total. The molecular weight excluding hydrogens is 623 g/mol. The highest BCUT2D eigenvalue weighted by molar-refractivity contribution is 14.1. The van der Waals surface area contributed by atoms with Crippen LogP contribution in [0.15, 0.2) is 46.7 Å². The second-order valence-corrected chi connectivity index (χ2v) is 9.18. The summed E-state index contributed by atoms with van der Waals surface area (Å²) < 4.78 is 27.7. The maximum atomic E-state index is 12.3. The van der Waals surface area contributed by atoms with E-state index in [1.54, 1.807) is 38.3 Å². The topological polar surface area (TPSA) is 146 Å². The van der Waals surface area contributed by atoms with Gasteiger partial charge in [0.25, 0.3) is 5.91 Å². The van der Waals surface area contributed by atoms with Gasteiger partial charge in [0.05, 0.1) is 49.3 Å². The summed E-state index contributed by atoms with van der Waals surface area (Å²) in [5.74, 6) is 0.707. The molecule has 2 aromatic rings. The molecule has 208 valence electrons. The third kappa shape index (κ3) is 7.31. The van der Waals surface area contributed by atoms with E-state index in [1.807, 2.05) is 13.0 Å². The summed E-state index contributed by atoms with van der Waals surface area (Å²) in [5, 5.41) is 9.26. The van der Waals surface area contributed by atoms with Crippen molar-refractivity contribution in [1.29, 1.82) is 0 Å². The Morgan fingerprint density at radius 1 is 1.08 bits per heavy atom. The normalized spacial score (nSPS) is 14.8. The van der Waals surface area contributed by atoms with Crippen molar-refractivity contribution in [1.82, 2.24) is 16.1 Å². The van der Waals surface area contributed by atoms with Gasteiger partial charge in [0, 0.05) is 5.70 Å². The molecule has 1 aliphatic rings. The van der Waals surface area contributed by atoms with Gasteiger partial charge in [-0.1, -0.05) is 6.07 Å². The van der Waals surface area contributed by atoms with Crippen LogP contribution in [-0.2, 0) is 14.3 Å². The van der Waals surface area contributed by atoms with Crippen LogP contribution in [0.5, 0.6) is 23.0 Å². The van der Waals surface area contributed by atoms with Crippen LogP contribution in [0.4, 0.5) is 4.79 Å². The zero-order valence-corrected chi connectivity index (χ0v) is 24.2. The predicted octanol–water partition coefficient (Wildman–Crippen LogP) is 3.04. The number of nitrogens with one attached hydrogen (secondary N) is 3. The second kappa shape index (κ2) is 13.7. The highest BCUT2D eigenvalue weighted by Gasteiger charge is 2.32. The zero-order chi connectivity index (χ0) is 28.5. The second-order valence-electron chi connectivity index (χ2n) is 8.02. The van der Waals surface area contributed by atoms with Crippen LogP contribution < -0.4 is 35.0 Å². The molecule has 0 bridgehead atoms. The molecule has 0 saturated heterocycles. The number of hydrogen-bond acceptors (Lipinski definition) is 9. The molecule has 13 heteroatoms. The summed E-state index contributed by atoms with van der Waals surface area (Å²) in [5.41, 5.74) is 4.32. The predicted molar refractivity (Wildman–Crippen MR) is 150 cm³/mol. The first-order chi connectivity index (χ1) is 18.7. The maximum absolute atomic E-state index is 12.3. The molecule has 0 aromatic heterocycles. The van der Waals surface area contributed by atoms with Crippen LogP contribution in [0.25, 0.3) is 0 Å². The number of ether oxygens (including phenoxy) is 5. The molecule has 0 radical (unpaired) electrons. The Bertz CT molecular complexity index is 1310. The average Bonchev–Trinajstić information content (AvgIpc) is 2.91. The molecule has 39 heavy (non-hydrogen) atoms. The Morgan fingerprint density at radius 2 is 1.85 bits per heavy atom. The minimum Gasteiger partial charge on any atom is -0.493 e. The van der Waals surface area contributed by atoms with E-state index in [2.05, 4.69) is 43.8 Å². The van der Waals surface area contributed by atoms with Gasteiger partial charge in [-0.2, -0.15) is 5.10 Å². The van der Waals surface area contributed by atoms with Gasteiger partial charge in [-0.15, -0.1) is 0 Å². The molecule has 1 atom stereocenters. The van der Waals surface area contributed by atoms with E-state index in [1.165, 1.54) is 20.4 Å². The molecule has 1 aliphatic heterocycles. The number of rotatable bonds is 11. The highest BCUT2D eigenvalue weighted by atomic mass is 127. The van der Waals surface area contributed by atoms with Crippen molar-refractivity contribution in [3.8, 4) is 23.0 Å². The number of hydrogen-bond donors (Lipinski definition) is 3. The highest BCUT2D eigenvalue weighted by Crippen LogP contribution is 2.35. The van der Waals surface area contributed by atoms with Crippen molar-refractivity contribution in [2.45, 2.75) is 19.9 Å².